The third-order valence-electron chi connectivity index (χ3n) is 3.71. The van der Waals surface area contributed by atoms with Crippen LogP contribution in [0.3, 0.4) is 0 Å². The molecule has 0 aromatic rings. The van der Waals surface area contributed by atoms with E-state index in [0.29, 0.717) is 6.04 Å². The van der Waals surface area contributed by atoms with E-state index in [1.54, 1.807) is 0 Å². The summed E-state index contributed by atoms with van der Waals surface area (Å²) in [6.45, 7) is 9.87. The first-order chi connectivity index (χ1) is 8.46. The average Bonchev–Trinajstić information content (AvgIpc) is 2.38. The van der Waals surface area contributed by atoms with Gasteiger partial charge in [0.2, 0.25) is 0 Å². The molecule has 0 spiro atoms. The molecule has 0 aliphatic carbocycles. The van der Waals surface area contributed by atoms with Gasteiger partial charge in [-0.05, 0) is 53.1 Å². The van der Waals surface area contributed by atoms with Crippen LogP contribution in [-0.4, -0.2) is 53.7 Å². The molecule has 4 heteroatoms. The lowest BCUT2D eigenvalue weighted by Crippen LogP contribution is -2.51. The number of ether oxygens (including phenoxy) is 1. The highest BCUT2D eigenvalue weighted by atomic mass is 16.6. The van der Waals surface area contributed by atoms with Gasteiger partial charge in [0.15, 0.2) is 0 Å². The molecule has 104 valence electrons. The fourth-order valence-corrected chi connectivity index (χ4v) is 2.62. The van der Waals surface area contributed by atoms with Crippen LogP contribution in [0.15, 0.2) is 0 Å². The van der Waals surface area contributed by atoms with Gasteiger partial charge in [-0.1, -0.05) is 6.42 Å². The van der Waals surface area contributed by atoms with Crippen LogP contribution >= 0.6 is 0 Å². The zero-order chi connectivity index (χ0) is 13.2. The van der Waals surface area contributed by atoms with Gasteiger partial charge in [-0.2, -0.15) is 0 Å². The number of amides is 1. The molecule has 2 fully saturated rings. The summed E-state index contributed by atoms with van der Waals surface area (Å²) < 4.78 is 5.48. The van der Waals surface area contributed by atoms with Crippen molar-refractivity contribution in [3.05, 3.63) is 0 Å². The molecule has 1 amide bonds. The maximum atomic E-state index is 12.1. The van der Waals surface area contributed by atoms with E-state index in [-0.39, 0.29) is 6.09 Å². The van der Waals surface area contributed by atoms with Crippen LogP contribution in [0.5, 0.6) is 0 Å². The molecular weight excluding hydrogens is 228 g/mol. The fourth-order valence-electron chi connectivity index (χ4n) is 2.62. The van der Waals surface area contributed by atoms with Crippen LogP contribution in [0.2, 0.25) is 0 Å². The van der Waals surface area contributed by atoms with Crippen molar-refractivity contribution >= 4 is 6.09 Å². The Bertz CT molecular complexity index is 295. The van der Waals surface area contributed by atoms with Gasteiger partial charge < -0.3 is 9.64 Å². The second-order valence-corrected chi connectivity index (χ2v) is 6.47. The van der Waals surface area contributed by atoms with Gasteiger partial charge in [0.1, 0.15) is 5.60 Å². The number of hydrogen-bond donors (Lipinski definition) is 0. The molecule has 4 nitrogen and oxygen atoms in total. The molecule has 1 atom stereocenters. The lowest BCUT2D eigenvalue weighted by Gasteiger charge is -2.39. The lowest BCUT2D eigenvalue weighted by molar-refractivity contribution is 0.0169. The van der Waals surface area contributed by atoms with E-state index in [9.17, 15) is 4.79 Å². The molecule has 18 heavy (non-hydrogen) atoms. The van der Waals surface area contributed by atoms with E-state index < -0.39 is 5.60 Å². The maximum Gasteiger partial charge on any atom is 0.410 e. The van der Waals surface area contributed by atoms with Crippen LogP contribution in [-0.2, 0) is 4.74 Å². The molecule has 2 heterocycles. The van der Waals surface area contributed by atoms with Crippen molar-refractivity contribution in [2.45, 2.75) is 58.1 Å². The third-order valence-corrected chi connectivity index (χ3v) is 3.71. The SMILES string of the molecule is CC(C)(C)OC(=O)N1CCCCC(N2CCC2)C1. The number of hydrogen-bond acceptors (Lipinski definition) is 3. The van der Waals surface area contributed by atoms with Crippen molar-refractivity contribution in [3.8, 4) is 0 Å². The van der Waals surface area contributed by atoms with Crippen LogP contribution in [0.4, 0.5) is 4.79 Å². The van der Waals surface area contributed by atoms with Crippen molar-refractivity contribution < 1.29 is 9.53 Å². The molecule has 2 aliphatic rings. The lowest BCUT2D eigenvalue weighted by atomic mass is 10.1. The molecule has 2 aliphatic heterocycles. The van der Waals surface area contributed by atoms with Gasteiger partial charge in [-0.25, -0.2) is 4.79 Å². The second kappa shape index (κ2) is 5.47. The second-order valence-electron chi connectivity index (χ2n) is 6.47. The van der Waals surface area contributed by atoms with Crippen molar-refractivity contribution in [2.24, 2.45) is 0 Å². The highest BCUT2D eigenvalue weighted by molar-refractivity contribution is 5.68. The third kappa shape index (κ3) is 3.61. The Morgan fingerprint density at radius 3 is 2.39 bits per heavy atom. The van der Waals surface area contributed by atoms with E-state index in [0.717, 1.165) is 19.5 Å². The Labute approximate surface area is 110 Å². The first-order valence-corrected chi connectivity index (χ1v) is 7.18. The summed E-state index contributed by atoms with van der Waals surface area (Å²) in [6.07, 6.45) is 4.71. The molecule has 0 N–H and O–H groups in total. The van der Waals surface area contributed by atoms with E-state index in [2.05, 4.69) is 4.90 Å². The minimum Gasteiger partial charge on any atom is -0.444 e. The summed E-state index contributed by atoms with van der Waals surface area (Å²) in [5, 5.41) is 0. The van der Waals surface area contributed by atoms with E-state index in [1.165, 1.54) is 32.4 Å². The monoisotopic (exact) mass is 254 g/mol. The van der Waals surface area contributed by atoms with Crippen LogP contribution in [0.1, 0.15) is 46.5 Å². The number of carbonyl (C=O) groups is 1. The van der Waals surface area contributed by atoms with Gasteiger partial charge in [-0.3, -0.25) is 4.90 Å². The summed E-state index contributed by atoms with van der Waals surface area (Å²) in [5.41, 5.74) is -0.393. The van der Waals surface area contributed by atoms with Crippen LogP contribution in [0.25, 0.3) is 0 Å². The first kappa shape index (κ1) is 13.7. The first-order valence-electron chi connectivity index (χ1n) is 7.18. The van der Waals surface area contributed by atoms with Crippen molar-refractivity contribution in [2.75, 3.05) is 26.2 Å². The molecule has 2 rings (SSSR count). The maximum absolute atomic E-state index is 12.1. The van der Waals surface area contributed by atoms with E-state index in [1.807, 2.05) is 25.7 Å². The Balaban J connectivity index is 1.91. The van der Waals surface area contributed by atoms with Crippen LogP contribution in [0, 0.1) is 0 Å². The number of likely N-dealkylation sites (tertiary alicyclic amines) is 2. The summed E-state index contributed by atoms with van der Waals surface area (Å²) >= 11 is 0. The number of carbonyl (C=O) groups excluding carboxylic acids is 1. The highest BCUT2D eigenvalue weighted by Gasteiger charge is 2.30. The molecule has 0 aromatic carbocycles. The zero-order valence-electron chi connectivity index (χ0n) is 11.9. The van der Waals surface area contributed by atoms with Gasteiger partial charge in [-0.15, -0.1) is 0 Å². The number of nitrogens with zero attached hydrogens (tertiary/aromatic N) is 2. The molecule has 1 unspecified atom stereocenters. The smallest absolute Gasteiger partial charge is 0.410 e. The summed E-state index contributed by atoms with van der Waals surface area (Å²) in [7, 11) is 0. The molecule has 0 radical (unpaired) electrons. The number of rotatable bonds is 1. The predicted octanol–water partition coefficient (Wildman–Crippen LogP) is 2.48. The quantitative estimate of drug-likeness (QED) is 0.720. The standard InChI is InChI=1S/C14H26N2O2/c1-14(2,3)18-13(17)16-8-5-4-7-12(11-16)15-9-6-10-15/h12H,4-11H2,1-3H3. The average molecular weight is 254 g/mol. The summed E-state index contributed by atoms with van der Waals surface area (Å²) in [6, 6.07) is 0.550. The minimum absolute atomic E-state index is 0.144. The Kier molecular flexibility index (Phi) is 4.15. The molecule has 0 aromatic heterocycles. The summed E-state index contributed by atoms with van der Waals surface area (Å²) in [5.74, 6) is 0. The van der Waals surface area contributed by atoms with Crippen molar-refractivity contribution in [1.29, 1.82) is 0 Å². The van der Waals surface area contributed by atoms with Gasteiger partial charge in [0.25, 0.3) is 0 Å². The van der Waals surface area contributed by atoms with Crippen molar-refractivity contribution in [3.63, 3.8) is 0 Å². The fraction of sp³-hybridized carbons (Fsp3) is 0.929. The molecule has 0 saturated carbocycles. The topological polar surface area (TPSA) is 32.8 Å². The minimum atomic E-state index is -0.393. The molecule has 0 bridgehead atoms. The highest BCUT2D eigenvalue weighted by Crippen LogP contribution is 2.21. The predicted molar refractivity (Wildman–Crippen MR) is 71.6 cm³/mol. The van der Waals surface area contributed by atoms with E-state index >= 15 is 0 Å². The van der Waals surface area contributed by atoms with Crippen molar-refractivity contribution in [1.82, 2.24) is 9.80 Å². The normalized spacial score (nSPS) is 26.4. The Hall–Kier alpha value is -0.770. The largest absolute Gasteiger partial charge is 0.444 e. The molecule has 2 saturated heterocycles. The Morgan fingerprint density at radius 2 is 1.83 bits per heavy atom. The Morgan fingerprint density at radius 1 is 1.11 bits per heavy atom. The van der Waals surface area contributed by atoms with Gasteiger partial charge in [0.05, 0.1) is 0 Å². The molecular formula is C14H26N2O2. The zero-order valence-corrected chi connectivity index (χ0v) is 11.9. The van der Waals surface area contributed by atoms with Gasteiger partial charge in [0, 0.05) is 19.1 Å². The van der Waals surface area contributed by atoms with Crippen LogP contribution < -0.4 is 0 Å². The summed E-state index contributed by atoms with van der Waals surface area (Å²) in [4.78, 5) is 16.5. The van der Waals surface area contributed by atoms with Gasteiger partial charge >= 0.3 is 6.09 Å². The van der Waals surface area contributed by atoms with E-state index in [4.69, 9.17) is 4.74 Å².